The molecule has 2 aliphatic rings. The van der Waals surface area contributed by atoms with Gasteiger partial charge in [-0.05, 0) is 30.9 Å². The quantitative estimate of drug-likeness (QED) is 0.923. The highest BCUT2D eigenvalue weighted by atomic mass is 32.1. The van der Waals surface area contributed by atoms with Crippen LogP contribution in [-0.2, 0) is 0 Å². The number of hydrogen-bond acceptors (Lipinski definition) is 4. The van der Waals surface area contributed by atoms with E-state index in [1.807, 2.05) is 0 Å². The van der Waals surface area contributed by atoms with Crippen LogP contribution in [0.15, 0.2) is 18.3 Å². The molecule has 0 spiro atoms. The molecule has 104 valence electrons. The van der Waals surface area contributed by atoms with Crippen molar-refractivity contribution in [2.75, 3.05) is 13.1 Å². The van der Waals surface area contributed by atoms with Crippen molar-refractivity contribution in [1.82, 2.24) is 15.2 Å². The molecule has 2 aliphatic heterocycles. The first kappa shape index (κ1) is 12.2. The summed E-state index contributed by atoms with van der Waals surface area (Å²) in [5.41, 5.74) is 0.364. The van der Waals surface area contributed by atoms with Gasteiger partial charge < -0.3 is 5.32 Å². The van der Waals surface area contributed by atoms with Crippen LogP contribution in [0.3, 0.4) is 0 Å². The van der Waals surface area contributed by atoms with Gasteiger partial charge >= 0.3 is 0 Å². The molecule has 1 amide bonds. The Kier molecular flexibility index (Phi) is 2.75. The molecule has 4 heterocycles. The van der Waals surface area contributed by atoms with Gasteiger partial charge in [-0.15, -0.1) is 11.3 Å². The molecule has 3 atom stereocenters. The minimum absolute atomic E-state index is 0.138. The molecule has 6 heteroatoms. The standard InChI is InChI=1S/C14H14FN3OS/c15-12-4-9-6-16-10(5-11(9)20-12)14(19)17-13-3-8-1-2-18(13)7-8/h4-6,8,13H,1-3,7H2,(H,17,19). The summed E-state index contributed by atoms with van der Waals surface area (Å²) < 4.78 is 13.9. The number of fused-ring (bicyclic) bond motifs is 3. The molecule has 1 N–H and O–H groups in total. The first-order chi connectivity index (χ1) is 9.69. The van der Waals surface area contributed by atoms with Crippen LogP contribution in [0.25, 0.3) is 10.1 Å². The molecule has 0 aliphatic carbocycles. The summed E-state index contributed by atoms with van der Waals surface area (Å²) in [5, 5.41) is 3.53. The van der Waals surface area contributed by atoms with Gasteiger partial charge in [-0.3, -0.25) is 14.7 Å². The van der Waals surface area contributed by atoms with Crippen molar-refractivity contribution in [3.8, 4) is 0 Å². The van der Waals surface area contributed by atoms with Crippen molar-refractivity contribution in [3.63, 3.8) is 0 Å². The van der Waals surface area contributed by atoms with Crippen molar-refractivity contribution in [3.05, 3.63) is 29.2 Å². The third-order valence-corrected chi connectivity index (χ3v) is 5.10. The lowest BCUT2D eigenvalue weighted by atomic mass is 10.0. The normalized spacial score (nSPS) is 28.1. The highest BCUT2D eigenvalue weighted by Crippen LogP contribution is 2.31. The third-order valence-electron chi connectivity index (χ3n) is 4.22. The zero-order valence-corrected chi connectivity index (χ0v) is 11.6. The first-order valence-electron chi connectivity index (χ1n) is 6.79. The molecule has 2 fully saturated rings. The van der Waals surface area contributed by atoms with Crippen molar-refractivity contribution < 1.29 is 9.18 Å². The number of pyridine rings is 1. The number of nitrogens with one attached hydrogen (secondary N) is 1. The summed E-state index contributed by atoms with van der Waals surface area (Å²) in [4.78, 5) is 18.7. The van der Waals surface area contributed by atoms with Gasteiger partial charge in [0.05, 0.1) is 6.17 Å². The summed E-state index contributed by atoms with van der Waals surface area (Å²) in [6.45, 7) is 2.16. The predicted octanol–water partition coefficient (Wildman–Crippen LogP) is 2.22. The molecule has 2 bridgehead atoms. The first-order valence-corrected chi connectivity index (χ1v) is 7.61. The monoisotopic (exact) mass is 291 g/mol. The van der Waals surface area contributed by atoms with Crippen LogP contribution in [0.5, 0.6) is 0 Å². The Hall–Kier alpha value is -1.53. The zero-order chi connectivity index (χ0) is 13.7. The maximum absolute atomic E-state index is 13.2. The minimum atomic E-state index is -0.251. The Morgan fingerprint density at radius 2 is 2.40 bits per heavy atom. The average molecular weight is 291 g/mol. The maximum Gasteiger partial charge on any atom is 0.271 e. The zero-order valence-electron chi connectivity index (χ0n) is 10.8. The van der Waals surface area contributed by atoms with Gasteiger partial charge in [0.2, 0.25) is 0 Å². The van der Waals surface area contributed by atoms with E-state index in [1.54, 1.807) is 12.3 Å². The highest BCUT2D eigenvalue weighted by molar-refractivity contribution is 7.17. The molecule has 20 heavy (non-hydrogen) atoms. The summed E-state index contributed by atoms with van der Waals surface area (Å²) >= 11 is 1.04. The van der Waals surface area contributed by atoms with Crippen molar-refractivity contribution in [1.29, 1.82) is 0 Å². The second-order valence-electron chi connectivity index (χ2n) is 5.53. The van der Waals surface area contributed by atoms with Crippen molar-refractivity contribution in [2.45, 2.75) is 19.0 Å². The fourth-order valence-corrected chi connectivity index (χ4v) is 4.00. The van der Waals surface area contributed by atoms with E-state index in [0.29, 0.717) is 5.69 Å². The molecular formula is C14H14FN3OS. The molecule has 2 aromatic heterocycles. The van der Waals surface area contributed by atoms with Crippen LogP contribution < -0.4 is 5.32 Å². The van der Waals surface area contributed by atoms with E-state index in [0.717, 1.165) is 46.9 Å². The largest absolute Gasteiger partial charge is 0.335 e. The molecule has 4 rings (SSSR count). The van der Waals surface area contributed by atoms with Crippen LogP contribution in [0.1, 0.15) is 23.3 Å². The molecule has 0 aromatic carbocycles. The van der Waals surface area contributed by atoms with Crippen LogP contribution >= 0.6 is 11.3 Å². The Bertz CT molecular complexity index is 686. The van der Waals surface area contributed by atoms with Gasteiger partial charge in [0, 0.05) is 29.4 Å². The number of rotatable bonds is 2. The van der Waals surface area contributed by atoms with E-state index in [2.05, 4.69) is 15.2 Å². The lowest BCUT2D eigenvalue weighted by Gasteiger charge is -2.25. The molecule has 2 aromatic rings. The molecule has 0 saturated carbocycles. The third kappa shape index (κ3) is 1.99. The van der Waals surface area contributed by atoms with E-state index in [4.69, 9.17) is 0 Å². The van der Waals surface area contributed by atoms with E-state index in [1.165, 1.54) is 12.5 Å². The number of thiophene rings is 1. The topological polar surface area (TPSA) is 45.2 Å². The summed E-state index contributed by atoms with van der Waals surface area (Å²) in [6.07, 6.45) is 3.97. The predicted molar refractivity (Wildman–Crippen MR) is 75.1 cm³/mol. The second-order valence-corrected chi connectivity index (χ2v) is 6.57. The lowest BCUT2D eigenvalue weighted by Crippen LogP contribution is -2.45. The SMILES string of the molecule is O=C(NC1CC2CCN1C2)c1cc2sc(F)cc2cn1. The van der Waals surface area contributed by atoms with Crippen molar-refractivity contribution >= 4 is 27.3 Å². The fourth-order valence-electron chi connectivity index (χ4n) is 3.20. The number of aromatic nitrogens is 1. The Balaban J connectivity index is 1.54. The van der Waals surface area contributed by atoms with Crippen LogP contribution in [0.4, 0.5) is 4.39 Å². The number of carbonyl (C=O) groups is 1. The molecule has 2 saturated heterocycles. The number of hydrogen-bond donors (Lipinski definition) is 1. The van der Waals surface area contributed by atoms with Crippen LogP contribution in [0, 0.1) is 11.0 Å². The summed E-state index contributed by atoms with van der Waals surface area (Å²) in [6, 6.07) is 3.11. The summed E-state index contributed by atoms with van der Waals surface area (Å²) in [5.74, 6) is 0.556. The van der Waals surface area contributed by atoms with Crippen LogP contribution in [-0.4, -0.2) is 35.0 Å². The smallest absolute Gasteiger partial charge is 0.271 e. The number of carbonyl (C=O) groups excluding carboxylic acids is 1. The molecule has 0 radical (unpaired) electrons. The second kappa shape index (κ2) is 4.49. The van der Waals surface area contributed by atoms with Gasteiger partial charge in [-0.25, -0.2) is 0 Å². The van der Waals surface area contributed by atoms with Crippen molar-refractivity contribution in [2.24, 2.45) is 5.92 Å². The van der Waals surface area contributed by atoms with Gasteiger partial charge in [0.15, 0.2) is 5.13 Å². The Morgan fingerprint density at radius 1 is 1.50 bits per heavy atom. The fraction of sp³-hybridized carbons (Fsp3) is 0.429. The molecule has 4 nitrogen and oxygen atoms in total. The van der Waals surface area contributed by atoms with E-state index in [-0.39, 0.29) is 17.2 Å². The number of amides is 1. The molecular weight excluding hydrogens is 277 g/mol. The van der Waals surface area contributed by atoms with E-state index >= 15 is 0 Å². The number of piperidine rings is 1. The summed E-state index contributed by atoms with van der Waals surface area (Å²) in [7, 11) is 0. The number of nitrogens with zero attached hydrogens (tertiary/aromatic N) is 2. The number of halogens is 1. The lowest BCUT2D eigenvalue weighted by molar-refractivity contribution is 0.0878. The molecule has 3 unspecified atom stereocenters. The van der Waals surface area contributed by atoms with Gasteiger partial charge in [0.25, 0.3) is 5.91 Å². The Labute approximate surface area is 119 Å². The van der Waals surface area contributed by atoms with Gasteiger partial charge in [0.1, 0.15) is 5.69 Å². The van der Waals surface area contributed by atoms with Gasteiger partial charge in [-0.1, -0.05) is 0 Å². The minimum Gasteiger partial charge on any atom is -0.335 e. The van der Waals surface area contributed by atoms with E-state index < -0.39 is 0 Å². The Morgan fingerprint density at radius 3 is 3.15 bits per heavy atom. The van der Waals surface area contributed by atoms with Gasteiger partial charge in [-0.2, -0.15) is 4.39 Å². The van der Waals surface area contributed by atoms with E-state index in [9.17, 15) is 9.18 Å². The van der Waals surface area contributed by atoms with Crippen LogP contribution in [0.2, 0.25) is 0 Å². The highest BCUT2D eigenvalue weighted by Gasteiger charge is 2.38. The maximum atomic E-state index is 13.2. The average Bonchev–Trinajstić information content (AvgIpc) is 3.10.